The number of aliphatic hydroxyl groups excluding tert-OH is 1. The van der Waals surface area contributed by atoms with Gasteiger partial charge in [0.15, 0.2) is 0 Å². The topological polar surface area (TPSA) is 62.0 Å². The molecule has 0 saturated carbocycles. The fraction of sp³-hybridized carbons (Fsp3) is 0.556. The third-order valence-electron chi connectivity index (χ3n) is 1.99. The number of hydrogen-bond donors (Lipinski definition) is 3. The Balaban J connectivity index is 2.79. The molecule has 1 atom stereocenters. The van der Waals surface area contributed by atoms with Crippen LogP contribution in [0.25, 0.3) is 0 Å². The number of aliphatic hydroxyl groups is 1. The Labute approximate surface area is 72.6 Å². The molecule has 0 aromatic carbocycles. The summed E-state index contributed by atoms with van der Waals surface area (Å²) >= 11 is 0. The Morgan fingerprint density at radius 2 is 2.25 bits per heavy atom. The third kappa shape index (κ3) is 1.87. The first-order valence-corrected chi connectivity index (χ1v) is 4.19. The van der Waals surface area contributed by atoms with Crippen LogP contribution in [0.2, 0.25) is 0 Å². The minimum Gasteiger partial charge on any atom is -0.388 e. The molecule has 0 aliphatic rings. The van der Waals surface area contributed by atoms with Gasteiger partial charge in [0, 0.05) is 17.0 Å². The average Bonchev–Trinajstić information content (AvgIpc) is 2.30. The monoisotopic (exact) mass is 168 g/mol. The fourth-order valence-electron chi connectivity index (χ4n) is 1.40. The molecule has 1 unspecified atom stereocenters. The highest BCUT2D eigenvalue weighted by Gasteiger charge is 2.10. The van der Waals surface area contributed by atoms with Crippen molar-refractivity contribution in [2.75, 3.05) is 6.54 Å². The van der Waals surface area contributed by atoms with Gasteiger partial charge in [-0.1, -0.05) is 0 Å². The van der Waals surface area contributed by atoms with Gasteiger partial charge in [0.25, 0.3) is 0 Å². The van der Waals surface area contributed by atoms with Crippen molar-refractivity contribution in [2.45, 2.75) is 26.4 Å². The molecule has 0 spiro atoms. The summed E-state index contributed by atoms with van der Waals surface area (Å²) < 4.78 is 0. The van der Waals surface area contributed by atoms with E-state index in [0.717, 1.165) is 17.0 Å². The molecule has 0 aliphatic carbocycles. The maximum Gasteiger partial charge on any atom is 0.0819 e. The van der Waals surface area contributed by atoms with Gasteiger partial charge in [-0.15, -0.1) is 0 Å². The van der Waals surface area contributed by atoms with Gasteiger partial charge >= 0.3 is 0 Å². The van der Waals surface area contributed by atoms with Gasteiger partial charge in [-0.2, -0.15) is 0 Å². The van der Waals surface area contributed by atoms with Crippen molar-refractivity contribution in [1.82, 2.24) is 4.98 Å². The van der Waals surface area contributed by atoms with Crippen LogP contribution in [0.5, 0.6) is 0 Å². The van der Waals surface area contributed by atoms with Crippen LogP contribution in [0.3, 0.4) is 0 Å². The summed E-state index contributed by atoms with van der Waals surface area (Å²) in [6, 6.07) is 1.97. The average molecular weight is 168 g/mol. The molecule has 4 N–H and O–H groups in total. The number of hydrogen-bond acceptors (Lipinski definition) is 2. The van der Waals surface area contributed by atoms with Gasteiger partial charge in [0.1, 0.15) is 0 Å². The Hall–Kier alpha value is -0.800. The van der Waals surface area contributed by atoms with Crippen molar-refractivity contribution in [3.63, 3.8) is 0 Å². The summed E-state index contributed by atoms with van der Waals surface area (Å²) in [4.78, 5) is 3.15. The number of aromatic nitrogens is 1. The predicted molar refractivity (Wildman–Crippen MR) is 48.9 cm³/mol. The first-order valence-electron chi connectivity index (χ1n) is 4.19. The zero-order chi connectivity index (χ0) is 9.14. The maximum atomic E-state index is 9.61. The van der Waals surface area contributed by atoms with Gasteiger partial charge in [-0.25, -0.2) is 0 Å². The van der Waals surface area contributed by atoms with Crippen LogP contribution in [-0.2, 0) is 0 Å². The van der Waals surface area contributed by atoms with E-state index in [1.807, 2.05) is 19.9 Å². The molecule has 0 aliphatic heterocycles. The molecule has 68 valence electrons. The van der Waals surface area contributed by atoms with Crippen LogP contribution >= 0.6 is 0 Å². The summed E-state index contributed by atoms with van der Waals surface area (Å²) in [5, 5.41) is 9.61. The van der Waals surface area contributed by atoms with E-state index in [4.69, 9.17) is 5.73 Å². The molecule has 3 nitrogen and oxygen atoms in total. The number of H-pyrrole nitrogens is 1. The summed E-state index contributed by atoms with van der Waals surface area (Å²) in [5.74, 6) is 0. The first kappa shape index (κ1) is 9.29. The zero-order valence-corrected chi connectivity index (χ0v) is 7.59. The highest BCUT2D eigenvalue weighted by Crippen LogP contribution is 2.20. The van der Waals surface area contributed by atoms with Crippen LogP contribution < -0.4 is 5.73 Å². The standard InChI is InChI=1S/C9H16N2O/c1-6-5-8(7(2)11-6)9(12)3-4-10/h5,9,11-12H,3-4,10H2,1-2H3. The van der Waals surface area contributed by atoms with E-state index in [-0.39, 0.29) is 0 Å². The molecule has 3 heteroatoms. The quantitative estimate of drug-likeness (QED) is 0.631. The SMILES string of the molecule is Cc1cc(C(O)CCN)c(C)[nH]1. The summed E-state index contributed by atoms with van der Waals surface area (Å²) in [7, 11) is 0. The van der Waals surface area contributed by atoms with E-state index in [9.17, 15) is 5.11 Å². The summed E-state index contributed by atoms with van der Waals surface area (Å²) in [6.45, 7) is 4.46. The van der Waals surface area contributed by atoms with Crippen LogP contribution in [0.4, 0.5) is 0 Å². The number of rotatable bonds is 3. The molecule has 0 radical (unpaired) electrons. The van der Waals surface area contributed by atoms with E-state index < -0.39 is 6.10 Å². The van der Waals surface area contributed by atoms with Crippen molar-refractivity contribution in [3.8, 4) is 0 Å². The Bertz CT molecular complexity index is 255. The summed E-state index contributed by atoms with van der Waals surface area (Å²) in [6.07, 6.45) is 0.206. The second kappa shape index (κ2) is 3.74. The lowest BCUT2D eigenvalue weighted by Gasteiger charge is -2.07. The van der Waals surface area contributed by atoms with Gasteiger partial charge in [0.2, 0.25) is 0 Å². The highest BCUT2D eigenvalue weighted by molar-refractivity contribution is 5.26. The number of aryl methyl sites for hydroxylation is 2. The Morgan fingerprint density at radius 3 is 2.67 bits per heavy atom. The Morgan fingerprint density at radius 1 is 1.58 bits per heavy atom. The van der Waals surface area contributed by atoms with E-state index in [1.54, 1.807) is 0 Å². The van der Waals surface area contributed by atoms with Crippen LogP contribution in [0.1, 0.15) is 29.5 Å². The number of nitrogens with one attached hydrogen (secondary N) is 1. The molecule has 12 heavy (non-hydrogen) atoms. The second-order valence-electron chi connectivity index (χ2n) is 3.13. The minimum absolute atomic E-state index is 0.417. The molecule has 0 fully saturated rings. The first-order chi connectivity index (χ1) is 5.65. The largest absolute Gasteiger partial charge is 0.388 e. The van der Waals surface area contributed by atoms with Crippen molar-refractivity contribution < 1.29 is 5.11 Å². The molecule has 1 rings (SSSR count). The van der Waals surface area contributed by atoms with Crippen LogP contribution in [0, 0.1) is 13.8 Å². The molecule has 1 heterocycles. The molecular weight excluding hydrogens is 152 g/mol. The lowest BCUT2D eigenvalue weighted by Crippen LogP contribution is -2.06. The van der Waals surface area contributed by atoms with Gasteiger partial charge in [-0.3, -0.25) is 0 Å². The van der Waals surface area contributed by atoms with Gasteiger partial charge in [-0.05, 0) is 32.9 Å². The second-order valence-corrected chi connectivity index (χ2v) is 3.13. The van der Waals surface area contributed by atoms with Crippen molar-refractivity contribution in [2.24, 2.45) is 5.73 Å². The van der Waals surface area contributed by atoms with E-state index >= 15 is 0 Å². The van der Waals surface area contributed by atoms with E-state index in [0.29, 0.717) is 13.0 Å². The minimum atomic E-state index is -0.417. The zero-order valence-electron chi connectivity index (χ0n) is 7.59. The smallest absolute Gasteiger partial charge is 0.0819 e. The molecule has 0 bridgehead atoms. The normalized spacial score (nSPS) is 13.3. The molecule has 1 aromatic rings. The van der Waals surface area contributed by atoms with Crippen molar-refractivity contribution in [1.29, 1.82) is 0 Å². The summed E-state index contributed by atoms with van der Waals surface area (Å²) in [5.41, 5.74) is 8.44. The molecule has 0 saturated heterocycles. The molecular formula is C9H16N2O. The van der Waals surface area contributed by atoms with E-state index in [2.05, 4.69) is 4.98 Å². The number of nitrogens with two attached hydrogens (primary N) is 1. The highest BCUT2D eigenvalue weighted by atomic mass is 16.3. The lowest BCUT2D eigenvalue weighted by molar-refractivity contribution is 0.170. The van der Waals surface area contributed by atoms with Crippen LogP contribution in [0.15, 0.2) is 6.07 Å². The molecule has 0 amide bonds. The third-order valence-corrected chi connectivity index (χ3v) is 1.99. The predicted octanol–water partition coefficient (Wildman–Crippen LogP) is 1.01. The van der Waals surface area contributed by atoms with Gasteiger partial charge < -0.3 is 15.8 Å². The lowest BCUT2D eigenvalue weighted by atomic mass is 10.1. The van der Waals surface area contributed by atoms with E-state index in [1.165, 1.54) is 0 Å². The number of aromatic amines is 1. The maximum absolute atomic E-state index is 9.61. The molecule has 1 aromatic heterocycles. The fourth-order valence-corrected chi connectivity index (χ4v) is 1.40. The van der Waals surface area contributed by atoms with Crippen molar-refractivity contribution >= 4 is 0 Å². The Kier molecular flexibility index (Phi) is 2.89. The van der Waals surface area contributed by atoms with Gasteiger partial charge in [0.05, 0.1) is 6.10 Å². The van der Waals surface area contributed by atoms with Crippen molar-refractivity contribution in [3.05, 3.63) is 23.0 Å². The van der Waals surface area contributed by atoms with Crippen LogP contribution in [-0.4, -0.2) is 16.6 Å².